The van der Waals surface area contributed by atoms with Gasteiger partial charge in [0.25, 0.3) is 0 Å². The van der Waals surface area contributed by atoms with Crippen LogP contribution in [0.5, 0.6) is 11.5 Å². The molecule has 1 aliphatic heterocycles. The number of carbonyl (C=O) groups excluding carboxylic acids is 1. The Kier molecular flexibility index (Phi) is 6.65. The molecule has 0 amide bonds. The van der Waals surface area contributed by atoms with Gasteiger partial charge in [0.15, 0.2) is 0 Å². The predicted molar refractivity (Wildman–Crippen MR) is 113 cm³/mol. The smallest absolute Gasteiger partial charge is 0.338 e. The molecule has 0 saturated carbocycles. The number of allylic oxidation sites excluding steroid dienone is 2. The second-order valence-corrected chi connectivity index (χ2v) is 6.90. The Hall–Kier alpha value is -3.43. The van der Waals surface area contributed by atoms with Crippen molar-refractivity contribution >= 4 is 17.6 Å². The Morgan fingerprint density at radius 3 is 2.57 bits per heavy atom. The summed E-state index contributed by atoms with van der Waals surface area (Å²) in [6.45, 7) is 3.77. The Morgan fingerprint density at radius 1 is 1.20 bits per heavy atom. The summed E-state index contributed by atoms with van der Waals surface area (Å²) in [5, 5.41) is 10.3. The summed E-state index contributed by atoms with van der Waals surface area (Å²) < 4.78 is 16.7. The van der Waals surface area contributed by atoms with Crippen LogP contribution in [0.15, 0.2) is 71.3 Å². The Balaban J connectivity index is 2.06. The van der Waals surface area contributed by atoms with Gasteiger partial charge in [0.1, 0.15) is 28.9 Å². The number of ether oxygens (including phenoxy) is 3. The first-order valence-electron chi connectivity index (χ1n) is 9.49. The van der Waals surface area contributed by atoms with E-state index in [4.69, 9.17) is 31.5 Å². The van der Waals surface area contributed by atoms with Gasteiger partial charge in [-0.05, 0) is 48.9 Å². The molecule has 0 aliphatic carbocycles. The molecule has 0 bridgehead atoms. The maximum atomic E-state index is 12.8. The number of carbonyl (C=O) groups is 1. The minimum atomic E-state index is -0.716. The zero-order valence-corrected chi connectivity index (χ0v) is 17.4. The summed E-state index contributed by atoms with van der Waals surface area (Å²) >= 11 is 5.92. The normalized spacial score (nSPS) is 16.0. The number of nitrogens with zero attached hydrogens (tertiary/aromatic N) is 1. The standard InChI is InChI=1S/C23H21ClN2O4/c1-3-19-21(23(27)28-4-2)20(18(13-25)22(26)30-19)14-6-5-7-17(12-14)29-16-10-8-15(24)9-11-16/h5-12,20H,3-4,26H2,1-2H3/t20-/m0/s1. The zero-order valence-electron chi connectivity index (χ0n) is 16.6. The van der Waals surface area contributed by atoms with Crippen molar-refractivity contribution in [1.29, 1.82) is 5.26 Å². The highest BCUT2D eigenvalue weighted by Crippen LogP contribution is 2.41. The summed E-state index contributed by atoms with van der Waals surface area (Å²) in [6.07, 6.45) is 0.422. The van der Waals surface area contributed by atoms with Crippen molar-refractivity contribution in [2.45, 2.75) is 26.2 Å². The largest absolute Gasteiger partial charge is 0.463 e. The fourth-order valence-electron chi connectivity index (χ4n) is 3.24. The highest BCUT2D eigenvalue weighted by Gasteiger charge is 2.37. The molecule has 2 N–H and O–H groups in total. The van der Waals surface area contributed by atoms with Gasteiger partial charge in [0.05, 0.1) is 18.1 Å². The zero-order chi connectivity index (χ0) is 21.7. The van der Waals surface area contributed by atoms with Gasteiger partial charge >= 0.3 is 5.97 Å². The maximum Gasteiger partial charge on any atom is 0.338 e. The van der Waals surface area contributed by atoms with Crippen LogP contribution in [0.25, 0.3) is 0 Å². The Morgan fingerprint density at radius 2 is 1.93 bits per heavy atom. The van der Waals surface area contributed by atoms with Crippen LogP contribution >= 0.6 is 11.6 Å². The number of benzene rings is 2. The van der Waals surface area contributed by atoms with Crippen molar-refractivity contribution in [3.8, 4) is 17.6 Å². The predicted octanol–water partition coefficient (Wildman–Crippen LogP) is 5.17. The number of hydrogen-bond donors (Lipinski definition) is 1. The molecule has 0 fully saturated rings. The van der Waals surface area contributed by atoms with Crippen molar-refractivity contribution in [3.63, 3.8) is 0 Å². The fraction of sp³-hybridized carbons (Fsp3) is 0.217. The number of halogens is 1. The van der Waals surface area contributed by atoms with Gasteiger partial charge in [-0.2, -0.15) is 5.26 Å². The minimum absolute atomic E-state index is 0.0172. The molecule has 6 nitrogen and oxygen atoms in total. The second-order valence-electron chi connectivity index (χ2n) is 6.46. The monoisotopic (exact) mass is 424 g/mol. The molecule has 1 atom stereocenters. The average Bonchev–Trinajstić information content (AvgIpc) is 2.74. The molecule has 0 spiro atoms. The van der Waals surface area contributed by atoms with Gasteiger partial charge in [-0.1, -0.05) is 30.7 Å². The third kappa shape index (κ3) is 4.42. The van der Waals surface area contributed by atoms with Crippen LogP contribution in [0.2, 0.25) is 5.02 Å². The number of esters is 1. The summed E-state index contributed by atoms with van der Waals surface area (Å²) in [5.41, 5.74) is 7.09. The Bertz CT molecular complexity index is 1050. The van der Waals surface area contributed by atoms with E-state index in [2.05, 4.69) is 6.07 Å². The topological polar surface area (TPSA) is 94.6 Å². The van der Waals surface area contributed by atoms with Gasteiger partial charge in [-0.25, -0.2) is 4.79 Å². The quantitative estimate of drug-likeness (QED) is 0.643. The molecule has 1 aliphatic rings. The molecule has 1 heterocycles. The molecule has 3 rings (SSSR count). The van der Waals surface area contributed by atoms with Gasteiger partial charge in [0.2, 0.25) is 5.88 Å². The molecule has 0 radical (unpaired) electrons. The molecule has 7 heteroatoms. The van der Waals surface area contributed by atoms with Crippen LogP contribution < -0.4 is 10.5 Å². The van der Waals surface area contributed by atoms with Crippen molar-refractivity contribution < 1.29 is 19.0 Å². The molecular weight excluding hydrogens is 404 g/mol. The van der Waals surface area contributed by atoms with E-state index >= 15 is 0 Å². The van der Waals surface area contributed by atoms with E-state index < -0.39 is 11.9 Å². The van der Waals surface area contributed by atoms with Crippen LogP contribution in [-0.2, 0) is 14.3 Å². The van der Waals surface area contributed by atoms with Crippen molar-refractivity contribution in [2.75, 3.05) is 6.61 Å². The van der Waals surface area contributed by atoms with E-state index in [1.807, 2.05) is 13.0 Å². The van der Waals surface area contributed by atoms with E-state index in [0.717, 1.165) is 0 Å². The lowest BCUT2D eigenvalue weighted by Crippen LogP contribution is -2.26. The minimum Gasteiger partial charge on any atom is -0.463 e. The van der Waals surface area contributed by atoms with Crippen LogP contribution in [0.4, 0.5) is 0 Å². The first-order valence-corrected chi connectivity index (χ1v) is 9.87. The molecular formula is C23H21ClN2O4. The lowest BCUT2D eigenvalue weighted by atomic mass is 9.82. The van der Waals surface area contributed by atoms with E-state index in [9.17, 15) is 10.1 Å². The van der Waals surface area contributed by atoms with Crippen LogP contribution in [0.1, 0.15) is 31.7 Å². The first kappa shape index (κ1) is 21.3. The maximum absolute atomic E-state index is 12.8. The molecule has 0 saturated heterocycles. The SMILES string of the molecule is CCOC(=O)C1=C(CC)OC(N)=C(C#N)[C@@H]1c1cccc(Oc2ccc(Cl)cc2)c1. The van der Waals surface area contributed by atoms with E-state index in [1.54, 1.807) is 49.4 Å². The summed E-state index contributed by atoms with van der Waals surface area (Å²) in [5.74, 6) is 0.262. The highest BCUT2D eigenvalue weighted by molar-refractivity contribution is 6.30. The third-order valence-corrected chi connectivity index (χ3v) is 4.81. The molecule has 0 unspecified atom stereocenters. The van der Waals surface area contributed by atoms with E-state index in [0.29, 0.717) is 34.3 Å². The number of nitriles is 1. The Labute approximate surface area is 180 Å². The van der Waals surface area contributed by atoms with Gasteiger partial charge in [-0.15, -0.1) is 0 Å². The molecule has 2 aromatic carbocycles. The summed E-state index contributed by atoms with van der Waals surface area (Å²) in [7, 11) is 0. The van der Waals surface area contributed by atoms with Gasteiger partial charge in [-0.3, -0.25) is 0 Å². The van der Waals surface area contributed by atoms with Crippen molar-refractivity contribution in [2.24, 2.45) is 5.73 Å². The molecule has 2 aromatic rings. The van der Waals surface area contributed by atoms with Crippen LogP contribution in [0.3, 0.4) is 0 Å². The van der Waals surface area contributed by atoms with Crippen LogP contribution in [-0.4, -0.2) is 12.6 Å². The van der Waals surface area contributed by atoms with Gasteiger partial charge < -0.3 is 19.9 Å². The summed E-state index contributed by atoms with van der Waals surface area (Å²) in [4.78, 5) is 12.8. The van der Waals surface area contributed by atoms with Gasteiger partial charge in [0, 0.05) is 11.4 Å². The molecule has 30 heavy (non-hydrogen) atoms. The third-order valence-electron chi connectivity index (χ3n) is 4.55. The van der Waals surface area contributed by atoms with E-state index in [1.165, 1.54) is 0 Å². The number of hydrogen-bond acceptors (Lipinski definition) is 6. The van der Waals surface area contributed by atoms with Crippen molar-refractivity contribution in [3.05, 3.63) is 81.9 Å². The van der Waals surface area contributed by atoms with Crippen LogP contribution in [0, 0.1) is 11.3 Å². The average molecular weight is 425 g/mol. The van der Waals surface area contributed by atoms with E-state index in [-0.39, 0.29) is 23.6 Å². The number of rotatable bonds is 6. The molecule has 0 aromatic heterocycles. The second kappa shape index (κ2) is 9.38. The lowest BCUT2D eigenvalue weighted by Gasteiger charge is -2.28. The lowest BCUT2D eigenvalue weighted by molar-refractivity contribution is -0.139. The van der Waals surface area contributed by atoms with Crippen molar-refractivity contribution in [1.82, 2.24) is 0 Å². The number of nitrogens with two attached hydrogens (primary N) is 1. The highest BCUT2D eigenvalue weighted by atomic mass is 35.5. The fourth-order valence-corrected chi connectivity index (χ4v) is 3.37. The summed E-state index contributed by atoms with van der Waals surface area (Å²) in [6, 6.07) is 16.2. The molecule has 154 valence electrons. The first-order chi connectivity index (χ1) is 14.5.